The Labute approximate surface area is 95.4 Å². The number of amides is 2. The van der Waals surface area contributed by atoms with E-state index in [1.807, 2.05) is 24.3 Å². The van der Waals surface area contributed by atoms with Crippen molar-refractivity contribution in [2.24, 2.45) is 5.73 Å². The van der Waals surface area contributed by atoms with Crippen LogP contribution in [0.25, 0.3) is 0 Å². The Kier molecular flexibility index (Phi) is 3.10. The average Bonchev–Trinajstić information content (AvgIpc) is 2.29. The molecule has 1 heterocycles. The van der Waals surface area contributed by atoms with Crippen molar-refractivity contribution in [1.82, 2.24) is 5.32 Å². The fourth-order valence-electron chi connectivity index (χ4n) is 2.01. The second kappa shape index (κ2) is 4.53. The minimum atomic E-state index is -0.0204. The molecule has 0 aromatic heterocycles. The van der Waals surface area contributed by atoms with Crippen LogP contribution in [0.2, 0.25) is 0 Å². The number of carbonyl (C=O) groups excluding carboxylic acids is 1. The number of rotatable bonds is 2. The number of hydrogen-bond donors (Lipinski definition) is 2. The molecule has 4 nitrogen and oxygen atoms in total. The van der Waals surface area contributed by atoms with Gasteiger partial charge in [-0.1, -0.05) is 12.1 Å². The fourth-order valence-corrected chi connectivity index (χ4v) is 2.01. The van der Waals surface area contributed by atoms with Gasteiger partial charge in [0.15, 0.2) is 0 Å². The number of nitrogens with zero attached hydrogens (tertiary/aromatic N) is 1. The zero-order valence-electron chi connectivity index (χ0n) is 9.44. The lowest BCUT2D eigenvalue weighted by Crippen LogP contribution is -2.51. The van der Waals surface area contributed by atoms with Crippen LogP contribution in [0.4, 0.5) is 10.5 Å². The third-order valence-corrected chi connectivity index (χ3v) is 2.92. The zero-order valence-corrected chi connectivity index (χ0v) is 9.44. The number of hydrogen-bond acceptors (Lipinski definition) is 2. The molecule has 0 saturated carbocycles. The third kappa shape index (κ3) is 2.02. The first kappa shape index (κ1) is 11.0. The predicted octanol–water partition coefficient (Wildman–Crippen LogP) is 1.45. The molecule has 1 aliphatic heterocycles. The standard InChI is InChI=1S/C12H17N3O/c1-9-5-6-14-12(16)15(9)11-4-2-3-10(7-11)8-13/h2-4,7,9H,5-6,8,13H2,1H3,(H,14,16). The molecule has 0 spiro atoms. The Bertz CT molecular complexity index is 392. The third-order valence-electron chi connectivity index (χ3n) is 2.92. The molecule has 3 N–H and O–H groups in total. The van der Waals surface area contributed by atoms with Gasteiger partial charge in [0.25, 0.3) is 0 Å². The highest BCUT2D eigenvalue weighted by Gasteiger charge is 2.25. The Morgan fingerprint density at radius 1 is 1.56 bits per heavy atom. The summed E-state index contributed by atoms with van der Waals surface area (Å²) >= 11 is 0. The van der Waals surface area contributed by atoms with E-state index in [0.29, 0.717) is 6.54 Å². The summed E-state index contributed by atoms with van der Waals surface area (Å²) in [5.41, 5.74) is 7.57. The number of urea groups is 1. The molecule has 2 rings (SSSR count). The quantitative estimate of drug-likeness (QED) is 0.791. The van der Waals surface area contributed by atoms with E-state index in [4.69, 9.17) is 5.73 Å². The second-order valence-electron chi connectivity index (χ2n) is 4.11. The Balaban J connectivity index is 2.30. The lowest BCUT2D eigenvalue weighted by atomic mass is 10.1. The van der Waals surface area contributed by atoms with Gasteiger partial charge in [-0.25, -0.2) is 4.79 Å². The molecule has 1 unspecified atom stereocenters. The summed E-state index contributed by atoms with van der Waals surface area (Å²) in [6.07, 6.45) is 0.971. The molecule has 0 radical (unpaired) electrons. The first-order valence-electron chi connectivity index (χ1n) is 5.58. The lowest BCUT2D eigenvalue weighted by Gasteiger charge is -2.34. The highest BCUT2D eigenvalue weighted by Crippen LogP contribution is 2.22. The van der Waals surface area contributed by atoms with Gasteiger partial charge in [0.2, 0.25) is 0 Å². The van der Waals surface area contributed by atoms with E-state index >= 15 is 0 Å². The van der Waals surface area contributed by atoms with E-state index in [2.05, 4.69) is 12.2 Å². The summed E-state index contributed by atoms with van der Waals surface area (Å²) < 4.78 is 0. The number of benzene rings is 1. The monoisotopic (exact) mass is 219 g/mol. The largest absolute Gasteiger partial charge is 0.338 e. The van der Waals surface area contributed by atoms with Crippen molar-refractivity contribution in [3.05, 3.63) is 29.8 Å². The SMILES string of the molecule is CC1CCNC(=O)N1c1cccc(CN)c1. The molecule has 1 aromatic carbocycles. The molecular weight excluding hydrogens is 202 g/mol. The van der Waals surface area contributed by atoms with Crippen molar-refractivity contribution < 1.29 is 4.79 Å². The highest BCUT2D eigenvalue weighted by atomic mass is 16.2. The molecular formula is C12H17N3O. The topological polar surface area (TPSA) is 58.4 Å². The van der Waals surface area contributed by atoms with Crippen molar-refractivity contribution in [2.75, 3.05) is 11.4 Å². The predicted molar refractivity (Wildman–Crippen MR) is 64.3 cm³/mol. The van der Waals surface area contributed by atoms with Crippen LogP contribution < -0.4 is 16.0 Å². The van der Waals surface area contributed by atoms with Gasteiger partial charge in [-0.05, 0) is 31.0 Å². The maximum Gasteiger partial charge on any atom is 0.322 e. The minimum absolute atomic E-state index is 0.0204. The van der Waals surface area contributed by atoms with E-state index in [1.165, 1.54) is 0 Å². The van der Waals surface area contributed by atoms with E-state index < -0.39 is 0 Å². The van der Waals surface area contributed by atoms with Crippen LogP contribution in [0.5, 0.6) is 0 Å². The molecule has 1 aromatic rings. The molecule has 1 fully saturated rings. The molecule has 0 bridgehead atoms. The summed E-state index contributed by atoms with van der Waals surface area (Å²) in [4.78, 5) is 13.6. The first-order chi connectivity index (χ1) is 7.72. The summed E-state index contributed by atoms with van der Waals surface area (Å²) in [6, 6.07) is 8.04. The van der Waals surface area contributed by atoms with E-state index in [1.54, 1.807) is 4.90 Å². The van der Waals surface area contributed by atoms with Crippen molar-refractivity contribution in [3.63, 3.8) is 0 Å². The van der Waals surface area contributed by atoms with Crippen LogP contribution in [0.1, 0.15) is 18.9 Å². The van der Waals surface area contributed by atoms with Crippen LogP contribution >= 0.6 is 0 Å². The molecule has 4 heteroatoms. The Morgan fingerprint density at radius 2 is 2.38 bits per heavy atom. The van der Waals surface area contributed by atoms with Gasteiger partial charge in [-0.2, -0.15) is 0 Å². The van der Waals surface area contributed by atoms with Crippen LogP contribution in [0.3, 0.4) is 0 Å². The van der Waals surface area contributed by atoms with Gasteiger partial charge < -0.3 is 11.1 Å². The van der Waals surface area contributed by atoms with E-state index in [9.17, 15) is 4.79 Å². The normalized spacial score (nSPS) is 20.8. The molecule has 0 aliphatic carbocycles. The van der Waals surface area contributed by atoms with Gasteiger partial charge in [0, 0.05) is 24.8 Å². The number of nitrogens with two attached hydrogens (primary N) is 1. The van der Waals surface area contributed by atoms with Crippen LogP contribution in [0, 0.1) is 0 Å². The highest BCUT2D eigenvalue weighted by molar-refractivity contribution is 5.93. The summed E-state index contributed by atoms with van der Waals surface area (Å²) in [5.74, 6) is 0. The lowest BCUT2D eigenvalue weighted by molar-refractivity contribution is 0.239. The van der Waals surface area contributed by atoms with E-state index in [-0.39, 0.29) is 12.1 Å². The van der Waals surface area contributed by atoms with Crippen molar-refractivity contribution in [3.8, 4) is 0 Å². The molecule has 1 saturated heterocycles. The number of carbonyl (C=O) groups is 1. The van der Waals surface area contributed by atoms with Gasteiger partial charge in [0.1, 0.15) is 0 Å². The number of nitrogens with one attached hydrogen (secondary N) is 1. The smallest absolute Gasteiger partial charge is 0.322 e. The summed E-state index contributed by atoms with van der Waals surface area (Å²) in [7, 11) is 0. The first-order valence-corrected chi connectivity index (χ1v) is 5.58. The fraction of sp³-hybridized carbons (Fsp3) is 0.417. The summed E-state index contributed by atoms with van der Waals surface area (Å²) in [5, 5.41) is 2.85. The minimum Gasteiger partial charge on any atom is -0.338 e. The molecule has 1 aliphatic rings. The van der Waals surface area contributed by atoms with Gasteiger partial charge >= 0.3 is 6.03 Å². The number of anilines is 1. The molecule has 16 heavy (non-hydrogen) atoms. The van der Waals surface area contributed by atoms with Crippen LogP contribution in [-0.2, 0) is 6.54 Å². The molecule has 2 amide bonds. The van der Waals surface area contributed by atoms with Crippen LogP contribution in [-0.4, -0.2) is 18.6 Å². The van der Waals surface area contributed by atoms with Crippen LogP contribution in [0.15, 0.2) is 24.3 Å². The average molecular weight is 219 g/mol. The van der Waals surface area contributed by atoms with E-state index in [0.717, 1.165) is 24.2 Å². The Hall–Kier alpha value is -1.55. The van der Waals surface area contributed by atoms with Gasteiger partial charge in [-0.15, -0.1) is 0 Å². The second-order valence-corrected chi connectivity index (χ2v) is 4.11. The van der Waals surface area contributed by atoms with Crippen molar-refractivity contribution in [1.29, 1.82) is 0 Å². The van der Waals surface area contributed by atoms with Gasteiger partial charge in [-0.3, -0.25) is 4.90 Å². The summed E-state index contributed by atoms with van der Waals surface area (Å²) in [6.45, 7) is 3.32. The van der Waals surface area contributed by atoms with Crippen molar-refractivity contribution >= 4 is 11.7 Å². The maximum atomic E-state index is 11.8. The molecule has 1 atom stereocenters. The van der Waals surface area contributed by atoms with Crippen molar-refractivity contribution in [2.45, 2.75) is 25.9 Å². The Morgan fingerprint density at radius 3 is 3.06 bits per heavy atom. The zero-order chi connectivity index (χ0) is 11.5. The van der Waals surface area contributed by atoms with Gasteiger partial charge in [0.05, 0.1) is 0 Å². The molecule has 86 valence electrons. The maximum absolute atomic E-state index is 11.8.